The number of ether oxygens (including phenoxy) is 2. The molecular formula is C20H27FN2O11. The van der Waals surface area contributed by atoms with E-state index in [1.165, 1.54) is 24.3 Å². The minimum absolute atomic E-state index is 0.0631. The number of aliphatic carboxylic acids is 2. The Morgan fingerprint density at radius 1 is 1.24 bits per heavy atom. The van der Waals surface area contributed by atoms with Crippen molar-refractivity contribution < 1.29 is 58.9 Å². The number of carbonyl (C=O) groups excluding carboxylic acids is 1. The van der Waals surface area contributed by atoms with Crippen LogP contribution in [0, 0.1) is 0 Å². The molecule has 1 heterocycles. The summed E-state index contributed by atoms with van der Waals surface area (Å²) in [6.07, 6.45) is -11.0. The summed E-state index contributed by atoms with van der Waals surface area (Å²) >= 11 is 0. The first kappa shape index (κ1) is 27.4. The van der Waals surface area contributed by atoms with Crippen LogP contribution in [0.1, 0.15) is 12.5 Å². The van der Waals surface area contributed by atoms with Crippen LogP contribution in [0.4, 0.5) is 4.39 Å². The van der Waals surface area contributed by atoms with Crippen LogP contribution in [0.5, 0.6) is 5.75 Å². The molecule has 14 heteroatoms. The molecule has 0 radical (unpaired) electrons. The number of carboxylic acids is 2. The summed E-state index contributed by atoms with van der Waals surface area (Å²) < 4.78 is 25.8. The lowest BCUT2D eigenvalue weighted by molar-refractivity contribution is -0.309. The predicted octanol–water partition coefficient (Wildman–Crippen LogP) is -2.88. The van der Waals surface area contributed by atoms with E-state index in [1.807, 2.05) is 0 Å². The van der Waals surface area contributed by atoms with Crippen LogP contribution < -0.4 is 15.8 Å². The Bertz CT molecular complexity index is 886. The lowest BCUT2D eigenvalue weighted by Gasteiger charge is -2.48. The fourth-order valence-electron chi connectivity index (χ4n) is 3.46. The lowest BCUT2D eigenvalue weighted by atomic mass is 9.87. The van der Waals surface area contributed by atoms with Crippen LogP contribution in [0.15, 0.2) is 24.3 Å². The second-order valence-corrected chi connectivity index (χ2v) is 7.81. The number of amides is 1. The average molecular weight is 490 g/mol. The first-order valence-electron chi connectivity index (χ1n) is 10.1. The van der Waals surface area contributed by atoms with E-state index >= 15 is 4.39 Å². The Kier molecular flexibility index (Phi) is 8.88. The maximum Gasteiger partial charge on any atom is 0.380 e. The van der Waals surface area contributed by atoms with Crippen LogP contribution in [0.3, 0.4) is 0 Å². The number of alkyl halides is 1. The molecule has 0 saturated carbocycles. The topological polar surface area (TPSA) is 229 Å². The molecule has 34 heavy (non-hydrogen) atoms. The van der Waals surface area contributed by atoms with Gasteiger partial charge in [0.2, 0.25) is 12.1 Å². The fraction of sp³-hybridized carbons (Fsp3) is 0.550. The normalized spacial score (nSPS) is 29.5. The number of carboxylic acid groups (broad SMARTS) is 2. The molecule has 1 aromatic rings. The first-order valence-corrected chi connectivity index (χ1v) is 10.1. The van der Waals surface area contributed by atoms with Gasteiger partial charge in [0, 0.05) is 6.92 Å². The Hall–Kier alpha value is -2.88. The maximum absolute atomic E-state index is 15.3. The van der Waals surface area contributed by atoms with Gasteiger partial charge < -0.3 is 51.2 Å². The van der Waals surface area contributed by atoms with E-state index in [2.05, 4.69) is 5.32 Å². The number of hydrogen-bond donors (Lipinski definition) is 8. The molecule has 0 aromatic heterocycles. The molecule has 1 fully saturated rings. The zero-order valence-corrected chi connectivity index (χ0v) is 17.9. The summed E-state index contributed by atoms with van der Waals surface area (Å²) in [5.41, 5.74) is 5.90. The van der Waals surface area contributed by atoms with Crippen molar-refractivity contribution in [3.05, 3.63) is 29.8 Å². The van der Waals surface area contributed by atoms with Crippen LogP contribution in [-0.4, -0.2) is 104 Å². The van der Waals surface area contributed by atoms with Gasteiger partial charge in [0.05, 0.1) is 12.6 Å². The smallest absolute Gasteiger partial charge is 0.380 e. The van der Waals surface area contributed by atoms with E-state index < -0.39 is 72.9 Å². The summed E-state index contributed by atoms with van der Waals surface area (Å²) in [5.74, 6) is -7.55. The highest BCUT2D eigenvalue weighted by molar-refractivity contribution is 5.78. The second kappa shape index (κ2) is 11.0. The number of benzene rings is 1. The molecule has 1 aliphatic rings. The third-order valence-electron chi connectivity index (χ3n) is 5.25. The van der Waals surface area contributed by atoms with Gasteiger partial charge in [-0.2, -0.15) is 0 Å². The molecule has 0 spiro atoms. The van der Waals surface area contributed by atoms with Crippen molar-refractivity contribution in [1.29, 1.82) is 0 Å². The second-order valence-electron chi connectivity index (χ2n) is 7.81. The Labute approximate surface area is 192 Å². The third kappa shape index (κ3) is 5.78. The van der Waals surface area contributed by atoms with Gasteiger partial charge in [-0.15, -0.1) is 0 Å². The number of nitrogens with one attached hydrogen (secondary N) is 1. The van der Waals surface area contributed by atoms with Gasteiger partial charge in [-0.1, -0.05) is 12.1 Å². The van der Waals surface area contributed by atoms with Gasteiger partial charge in [0.25, 0.3) is 0 Å². The average Bonchev–Trinajstić information content (AvgIpc) is 2.78. The van der Waals surface area contributed by atoms with Crippen molar-refractivity contribution in [2.45, 2.75) is 61.8 Å². The Morgan fingerprint density at radius 3 is 2.29 bits per heavy atom. The van der Waals surface area contributed by atoms with Gasteiger partial charge in [-0.25, -0.2) is 9.18 Å². The van der Waals surface area contributed by atoms with Crippen LogP contribution in [-0.2, 0) is 25.5 Å². The summed E-state index contributed by atoms with van der Waals surface area (Å²) in [6, 6.07) is 2.16. The number of rotatable bonds is 10. The van der Waals surface area contributed by atoms with Gasteiger partial charge >= 0.3 is 17.7 Å². The van der Waals surface area contributed by atoms with E-state index in [-0.39, 0.29) is 12.2 Å². The lowest BCUT2D eigenvalue weighted by Crippen LogP contribution is -2.74. The SMILES string of the molecule is CC(=O)N[C@H]1[C@H]([C@H](O)[C@H](O)CO)O[C@](Oc2ccc(C[C@H](N)C(=O)O)cc2)(C(=O)O)C(F)[C@@H]1O. The quantitative estimate of drug-likeness (QED) is 0.165. The van der Waals surface area contributed by atoms with Gasteiger partial charge in [0.15, 0.2) is 0 Å². The molecule has 9 N–H and O–H groups in total. The molecule has 13 nitrogen and oxygen atoms in total. The largest absolute Gasteiger partial charge is 0.480 e. The van der Waals surface area contributed by atoms with E-state index in [0.29, 0.717) is 5.56 Å². The van der Waals surface area contributed by atoms with Gasteiger partial charge in [-0.05, 0) is 24.1 Å². The Morgan fingerprint density at radius 2 is 1.82 bits per heavy atom. The van der Waals surface area contributed by atoms with Crippen LogP contribution >= 0.6 is 0 Å². The highest BCUT2D eigenvalue weighted by Crippen LogP contribution is 2.37. The highest BCUT2D eigenvalue weighted by atomic mass is 19.1. The fourth-order valence-corrected chi connectivity index (χ4v) is 3.46. The maximum atomic E-state index is 15.3. The monoisotopic (exact) mass is 490 g/mol. The van der Waals surface area contributed by atoms with E-state index in [1.54, 1.807) is 0 Å². The molecule has 1 unspecified atom stereocenters. The van der Waals surface area contributed by atoms with E-state index in [0.717, 1.165) is 6.92 Å². The van der Waals surface area contributed by atoms with Crippen molar-refractivity contribution in [3.63, 3.8) is 0 Å². The minimum Gasteiger partial charge on any atom is -0.480 e. The molecule has 8 atom stereocenters. The molecule has 1 aliphatic heterocycles. The van der Waals surface area contributed by atoms with Crippen LogP contribution in [0.25, 0.3) is 0 Å². The third-order valence-corrected chi connectivity index (χ3v) is 5.25. The number of hydrogen-bond acceptors (Lipinski definition) is 10. The van der Waals surface area contributed by atoms with Crippen molar-refractivity contribution in [3.8, 4) is 5.75 Å². The molecule has 0 bridgehead atoms. The van der Waals surface area contributed by atoms with E-state index in [9.17, 15) is 34.8 Å². The number of carbonyl (C=O) groups is 3. The standard InChI is InChI=1S/C20H27FN2O11/c1-8(25)23-13-15(28)17(21)20(19(31)32,34-16(13)14(27)12(26)7-24)33-10-4-2-9(3-5-10)6-11(22)18(29)30/h2-5,11-17,24,26-28H,6-7,22H2,1H3,(H,23,25)(H,29,30)(H,31,32)/t11-,12+,13+,14+,15+,16+,17?,20-/m0/s1. The molecule has 0 aliphatic carbocycles. The number of aliphatic hydroxyl groups is 4. The van der Waals surface area contributed by atoms with Crippen molar-refractivity contribution in [2.75, 3.05) is 6.61 Å². The van der Waals surface area contributed by atoms with Gasteiger partial charge in [-0.3, -0.25) is 9.59 Å². The summed E-state index contributed by atoms with van der Waals surface area (Å²) in [6.45, 7) is 0.0169. The number of nitrogens with two attached hydrogens (primary N) is 1. The molecule has 1 amide bonds. The molecular weight excluding hydrogens is 463 g/mol. The van der Waals surface area contributed by atoms with Crippen molar-refractivity contribution >= 4 is 17.8 Å². The Balaban J connectivity index is 2.40. The van der Waals surface area contributed by atoms with E-state index in [4.69, 9.17) is 25.4 Å². The molecule has 1 aromatic carbocycles. The minimum atomic E-state index is -3.23. The molecule has 2 rings (SSSR count). The molecule has 190 valence electrons. The van der Waals surface area contributed by atoms with Crippen molar-refractivity contribution in [2.24, 2.45) is 5.73 Å². The number of aliphatic hydroxyl groups excluding tert-OH is 4. The van der Waals surface area contributed by atoms with Gasteiger partial charge in [0.1, 0.15) is 36.2 Å². The predicted molar refractivity (Wildman–Crippen MR) is 109 cm³/mol. The summed E-state index contributed by atoms with van der Waals surface area (Å²) in [5, 5.41) is 60.6. The summed E-state index contributed by atoms with van der Waals surface area (Å²) in [4.78, 5) is 34.5. The zero-order valence-electron chi connectivity index (χ0n) is 17.9. The molecule has 1 saturated heterocycles. The zero-order chi connectivity index (χ0) is 25.8. The highest BCUT2D eigenvalue weighted by Gasteiger charge is 2.64. The van der Waals surface area contributed by atoms with Crippen LogP contribution in [0.2, 0.25) is 0 Å². The summed E-state index contributed by atoms with van der Waals surface area (Å²) in [7, 11) is 0. The number of halogens is 1. The first-order chi connectivity index (χ1) is 15.8. The van der Waals surface area contributed by atoms with Crippen molar-refractivity contribution in [1.82, 2.24) is 5.32 Å².